The molecule has 6 heteroatoms. The molecule has 82 valence electrons. The Morgan fingerprint density at radius 2 is 0.571 bits per heavy atom. The fraction of sp³-hybridized carbons (Fsp3) is 1.00. The van der Waals surface area contributed by atoms with Crippen molar-refractivity contribution >= 4 is 13.7 Å². The van der Waals surface area contributed by atoms with Crippen LogP contribution in [0.2, 0.25) is 0 Å². The zero-order valence-corrected chi connectivity index (χ0v) is 10.9. The van der Waals surface area contributed by atoms with E-state index >= 15 is 0 Å². The number of rotatable bonds is 5. The van der Waals surface area contributed by atoms with E-state index < -0.39 is 0 Å². The average molecular weight is 198 g/mol. The molecule has 0 radical (unpaired) electrons. The first-order valence-electron chi connectivity index (χ1n) is 4.94. The van der Waals surface area contributed by atoms with Gasteiger partial charge in [-0.25, -0.2) is 0 Å². The van der Waals surface area contributed by atoms with Crippen LogP contribution in [0.1, 0.15) is 0 Å². The zero-order valence-electron chi connectivity index (χ0n) is 10.9. The predicted octanol–water partition coefficient (Wildman–Crippen LogP) is -0.712. The molecule has 0 saturated heterocycles. The van der Waals surface area contributed by atoms with Crippen molar-refractivity contribution < 1.29 is 0 Å². The van der Waals surface area contributed by atoms with Crippen molar-refractivity contribution in [3.63, 3.8) is 0 Å². The highest BCUT2D eigenvalue weighted by Crippen LogP contribution is 2.02. The lowest BCUT2D eigenvalue weighted by molar-refractivity contribution is 0.488. The summed E-state index contributed by atoms with van der Waals surface area (Å²) in [5, 5.41) is 0. The Labute approximate surface area is 90.1 Å². The second kappa shape index (κ2) is 5.75. The molecule has 0 aromatic heterocycles. The first kappa shape index (κ1) is 14.0. The molecule has 0 heterocycles. The SMILES string of the molecule is CN(C)B(B(N(C)C)N(C)C)N(C)C. The summed E-state index contributed by atoms with van der Waals surface area (Å²) in [5.41, 5.74) is 0. The van der Waals surface area contributed by atoms with Crippen molar-refractivity contribution in [1.82, 2.24) is 19.2 Å². The van der Waals surface area contributed by atoms with Crippen molar-refractivity contribution in [2.45, 2.75) is 0 Å². The molecule has 0 aliphatic carbocycles. The zero-order chi connectivity index (χ0) is 11.5. The van der Waals surface area contributed by atoms with Crippen molar-refractivity contribution in [2.24, 2.45) is 0 Å². The van der Waals surface area contributed by atoms with Crippen LogP contribution in [0.4, 0.5) is 0 Å². The lowest BCUT2D eigenvalue weighted by Crippen LogP contribution is -2.67. The first-order valence-corrected chi connectivity index (χ1v) is 4.94. The molecule has 0 atom stereocenters. The van der Waals surface area contributed by atoms with Gasteiger partial charge in [0.1, 0.15) is 0 Å². The van der Waals surface area contributed by atoms with Gasteiger partial charge in [0.2, 0.25) is 0 Å². The molecule has 0 fully saturated rings. The fourth-order valence-corrected chi connectivity index (χ4v) is 1.99. The number of nitrogens with zero attached hydrogens (tertiary/aromatic N) is 4. The number of hydrogen-bond donors (Lipinski definition) is 0. The Morgan fingerprint density at radius 3 is 0.643 bits per heavy atom. The molecule has 0 amide bonds. The summed E-state index contributed by atoms with van der Waals surface area (Å²) in [4.78, 5) is 8.96. The van der Waals surface area contributed by atoms with Crippen LogP contribution in [0.5, 0.6) is 0 Å². The van der Waals surface area contributed by atoms with E-state index in [4.69, 9.17) is 0 Å². The second-order valence-corrected chi connectivity index (χ2v) is 4.68. The maximum Gasteiger partial charge on any atom is 0.312 e. The molecule has 0 bridgehead atoms. The molecule has 14 heavy (non-hydrogen) atoms. The minimum atomic E-state index is 0.389. The van der Waals surface area contributed by atoms with Gasteiger partial charge < -0.3 is 19.2 Å². The van der Waals surface area contributed by atoms with E-state index in [1.807, 2.05) is 0 Å². The van der Waals surface area contributed by atoms with Gasteiger partial charge >= 0.3 is 13.7 Å². The van der Waals surface area contributed by atoms with Gasteiger partial charge in [-0.05, 0) is 56.4 Å². The minimum Gasteiger partial charge on any atom is -0.337 e. The van der Waals surface area contributed by atoms with E-state index in [-0.39, 0.29) is 0 Å². The highest BCUT2D eigenvalue weighted by molar-refractivity contribution is 7.17. The van der Waals surface area contributed by atoms with Crippen molar-refractivity contribution in [2.75, 3.05) is 56.4 Å². The maximum absolute atomic E-state index is 2.24. The summed E-state index contributed by atoms with van der Waals surface area (Å²) in [5.74, 6) is 0. The molecule has 0 N–H and O–H groups in total. The van der Waals surface area contributed by atoms with Crippen LogP contribution in [-0.2, 0) is 0 Å². The van der Waals surface area contributed by atoms with Crippen molar-refractivity contribution in [3.8, 4) is 0 Å². The van der Waals surface area contributed by atoms with Gasteiger partial charge in [-0.2, -0.15) is 0 Å². The van der Waals surface area contributed by atoms with Crippen LogP contribution in [-0.4, -0.2) is 89.4 Å². The topological polar surface area (TPSA) is 13.0 Å². The summed E-state index contributed by atoms with van der Waals surface area (Å²) in [7, 11) is 16.9. The second-order valence-electron chi connectivity index (χ2n) is 4.68. The van der Waals surface area contributed by atoms with Crippen LogP contribution in [0.25, 0.3) is 0 Å². The van der Waals surface area contributed by atoms with Crippen LogP contribution in [0.15, 0.2) is 0 Å². The smallest absolute Gasteiger partial charge is 0.312 e. The van der Waals surface area contributed by atoms with Crippen molar-refractivity contribution in [1.29, 1.82) is 0 Å². The molecular weight excluding hydrogens is 174 g/mol. The van der Waals surface area contributed by atoms with Gasteiger partial charge in [-0.15, -0.1) is 0 Å². The highest BCUT2D eigenvalue weighted by Gasteiger charge is 2.38. The summed E-state index contributed by atoms with van der Waals surface area (Å²) in [6, 6.07) is 0. The quantitative estimate of drug-likeness (QED) is 0.540. The van der Waals surface area contributed by atoms with Crippen LogP contribution < -0.4 is 0 Å². The third-order valence-corrected chi connectivity index (χ3v) is 2.38. The Morgan fingerprint density at radius 1 is 0.429 bits per heavy atom. The Hall–Kier alpha value is -0.0301. The van der Waals surface area contributed by atoms with E-state index in [2.05, 4.69) is 75.6 Å². The Balaban J connectivity index is 4.74. The third kappa shape index (κ3) is 3.61. The van der Waals surface area contributed by atoms with E-state index in [1.54, 1.807) is 0 Å². The lowest BCUT2D eigenvalue weighted by Gasteiger charge is -2.37. The van der Waals surface area contributed by atoms with Gasteiger partial charge in [0.15, 0.2) is 0 Å². The van der Waals surface area contributed by atoms with E-state index in [0.29, 0.717) is 13.7 Å². The molecule has 0 unspecified atom stereocenters. The Kier molecular flexibility index (Phi) is 5.74. The summed E-state index contributed by atoms with van der Waals surface area (Å²) in [6.45, 7) is 0.778. The van der Waals surface area contributed by atoms with E-state index in [1.165, 1.54) is 0 Å². The summed E-state index contributed by atoms with van der Waals surface area (Å²) in [6.07, 6.45) is 0. The predicted molar refractivity (Wildman–Crippen MR) is 66.3 cm³/mol. The summed E-state index contributed by atoms with van der Waals surface area (Å²) >= 11 is 0. The van der Waals surface area contributed by atoms with Gasteiger partial charge in [-0.1, -0.05) is 0 Å². The van der Waals surface area contributed by atoms with Crippen molar-refractivity contribution in [3.05, 3.63) is 0 Å². The Bertz CT molecular complexity index is 127. The van der Waals surface area contributed by atoms with Crippen LogP contribution >= 0.6 is 0 Å². The molecule has 0 aromatic rings. The van der Waals surface area contributed by atoms with Crippen LogP contribution in [0, 0.1) is 0 Å². The normalized spacial score (nSPS) is 12.0. The largest absolute Gasteiger partial charge is 0.337 e. The molecule has 0 spiro atoms. The minimum absolute atomic E-state index is 0.389. The van der Waals surface area contributed by atoms with Crippen LogP contribution in [0.3, 0.4) is 0 Å². The molecule has 0 aromatic carbocycles. The molecule has 0 aliphatic heterocycles. The fourth-order valence-electron chi connectivity index (χ4n) is 1.99. The van der Waals surface area contributed by atoms with Gasteiger partial charge in [0.25, 0.3) is 0 Å². The summed E-state index contributed by atoms with van der Waals surface area (Å²) < 4.78 is 0. The van der Waals surface area contributed by atoms with E-state index in [9.17, 15) is 0 Å². The molecule has 4 nitrogen and oxygen atoms in total. The molecule has 0 saturated carbocycles. The lowest BCUT2D eigenvalue weighted by atomic mass is 9.31. The standard InChI is InChI=1S/C8H24B2N4/c1-11(2)9(12(3)4)10(13(5)6)14(7)8/h1-8H3. The molecule has 0 rings (SSSR count). The first-order chi connectivity index (χ1) is 6.29. The average Bonchev–Trinajstić information content (AvgIpc) is 1.96. The number of hydrogen-bond acceptors (Lipinski definition) is 4. The third-order valence-electron chi connectivity index (χ3n) is 2.38. The molecule has 0 aliphatic rings. The maximum atomic E-state index is 2.24. The molecular formula is C8H24B2N4. The van der Waals surface area contributed by atoms with E-state index in [0.717, 1.165) is 0 Å². The highest BCUT2D eigenvalue weighted by atomic mass is 15.2. The van der Waals surface area contributed by atoms with Gasteiger partial charge in [0, 0.05) is 0 Å². The van der Waals surface area contributed by atoms with Gasteiger partial charge in [0.05, 0.1) is 0 Å². The monoisotopic (exact) mass is 198 g/mol. The van der Waals surface area contributed by atoms with Gasteiger partial charge in [-0.3, -0.25) is 0 Å².